The maximum atomic E-state index is 11.4. The van der Waals surface area contributed by atoms with Crippen LogP contribution in [-0.2, 0) is 4.74 Å². The summed E-state index contributed by atoms with van der Waals surface area (Å²) in [5.74, 6) is 1.43. The first-order valence-corrected chi connectivity index (χ1v) is 7.23. The Bertz CT molecular complexity index is 399. The number of thioether (sulfide) groups is 1. The molecule has 1 heterocycles. The number of hydrogen-bond acceptors (Lipinski definition) is 6. The summed E-state index contributed by atoms with van der Waals surface area (Å²) >= 11 is 1.85. The minimum Gasteiger partial charge on any atom is -0.463 e. The van der Waals surface area contributed by atoms with E-state index in [2.05, 4.69) is 26.3 Å². The Morgan fingerprint density at radius 2 is 2.22 bits per heavy atom. The molecule has 5 nitrogen and oxygen atoms in total. The maximum absolute atomic E-state index is 11.4. The van der Waals surface area contributed by atoms with Gasteiger partial charge in [-0.25, -0.2) is 14.8 Å². The lowest BCUT2D eigenvalue weighted by atomic mass is 10.3. The Morgan fingerprint density at radius 1 is 1.44 bits per heavy atom. The molecule has 0 amide bonds. The highest BCUT2D eigenvalue weighted by molar-refractivity contribution is 7.98. The van der Waals surface area contributed by atoms with E-state index in [1.807, 2.05) is 24.8 Å². The Balaban J connectivity index is 2.55. The third kappa shape index (κ3) is 4.91. The molecule has 0 atom stereocenters. The highest BCUT2D eigenvalue weighted by Gasteiger charge is 2.10. The van der Waals surface area contributed by atoms with Gasteiger partial charge in [0.05, 0.1) is 7.11 Å². The minimum atomic E-state index is -0.510. The second kappa shape index (κ2) is 7.92. The van der Waals surface area contributed by atoms with Crippen molar-refractivity contribution in [3.05, 3.63) is 17.6 Å². The van der Waals surface area contributed by atoms with Crippen molar-refractivity contribution in [2.75, 3.05) is 31.0 Å². The van der Waals surface area contributed by atoms with E-state index in [4.69, 9.17) is 0 Å². The van der Waals surface area contributed by atoms with Gasteiger partial charge in [-0.05, 0) is 31.8 Å². The number of aromatic nitrogens is 2. The number of hydrogen-bond donors (Lipinski definition) is 1. The molecule has 0 unspecified atom stereocenters. The molecule has 0 spiro atoms. The zero-order chi connectivity index (χ0) is 13.4. The highest BCUT2D eigenvalue weighted by atomic mass is 32.2. The lowest BCUT2D eigenvalue weighted by Gasteiger charge is -2.07. The van der Waals surface area contributed by atoms with Gasteiger partial charge in [0, 0.05) is 18.3 Å². The topological polar surface area (TPSA) is 64.1 Å². The molecule has 18 heavy (non-hydrogen) atoms. The largest absolute Gasteiger partial charge is 0.463 e. The van der Waals surface area contributed by atoms with E-state index in [0.29, 0.717) is 5.82 Å². The first-order valence-electron chi connectivity index (χ1n) is 5.84. The van der Waals surface area contributed by atoms with Gasteiger partial charge in [-0.15, -0.1) is 0 Å². The number of nitrogens with zero attached hydrogens (tertiary/aromatic N) is 2. The molecular formula is C12H19N3O2S. The first-order chi connectivity index (χ1) is 8.67. The van der Waals surface area contributed by atoms with Crippen molar-refractivity contribution >= 4 is 23.5 Å². The first kappa shape index (κ1) is 14.8. The second-order valence-electron chi connectivity index (χ2n) is 3.84. The van der Waals surface area contributed by atoms with E-state index in [1.165, 1.54) is 13.5 Å². The lowest BCUT2D eigenvalue weighted by Crippen LogP contribution is -2.12. The van der Waals surface area contributed by atoms with Crippen LogP contribution in [0, 0.1) is 6.92 Å². The van der Waals surface area contributed by atoms with Crippen molar-refractivity contribution in [1.29, 1.82) is 0 Å². The number of ether oxygens (including phenoxy) is 1. The van der Waals surface area contributed by atoms with Crippen molar-refractivity contribution in [1.82, 2.24) is 9.97 Å². The Kier molecular flexibility index (Phi) is 6.49. The molecule has 6 heteroatoms. The molecule has 0 aliphatic heterocycles. The summed E-state index contributed by atoms with van der Waals surface area (Å²) in [5, 5.41) is 3.20. The SMILES string of the molecule is COC(=O)c1nc(C)cc(NCCCCSC)n1. The number of unbranched alkanes of at least 4 members (excludes halogenated alkanes) is 1. The van der Waals surface area contributed by atoms with Crippen LogP contribution in [-0.4, -0.2) is 41.6 Å². The number of carbonyl (C=O) groups is 1. The molecule has 0 fully saturated rings. The molecular weight excluding hydrogens is 250 g/mol. The summed E-state index contributed by atoms with van der Waals surface area (Å²) in [7, 11) is 1.32. The molecule has 0 aliphatic carbocycles. The van der Waals surface area contributed by atoms with E-state index in [-0.39, 0.29) is 5.82 Å². The van der Waals surface area contributed by atoms with Gasteiger partial charge in [0.15, 0.2) is 0 Å². The zero-order valence-electron chi connectivity index (χ0n) is 11.0. The summed E-state index contributed by atoms with van der Waals surface area (Å²) in [6, 6.07) is 1.82. The van der Waals surface area contributed by atoms with Gasteiger partial charge >= 0.3 is 5.97 Å². The number of esters is 1. The van der Waals surface area contributed by atoms with Crippen LogP contribution in [0.1, 0.15) is 29.2 Å². The molecule has 0 bridgehead atoms. The summed E-state index contributed by atoms with van der Waals surface area (Å²) in [4.78, 5) is 19.5. The molecule has 1 aromatic heterocycles. The molecule has 0 radical (unpaired) electrons. The van der Waals surface area contributed by atoms with Crippen molar-refractivity contribution in [3.8, 4) is 0 Å². The number of carbonyl (C=O) groups excluding carboxylic acids is 1. The summed E-state index contributed by atoms with van der Waals surface area (Å²) in [6.45, 7) is 2.67. The quantitative estimate of drug-likeness (QED) is 0.604. The summed E-state index contributed by atoms with van der Waals surface area (Å²) in [6.07, 6.45) is 4.35. The zero-order valence-corrected chi connectivity index (χ0v) is 11.8. The predicted octanol–water partition coefficient (Wildman–Crippen LogP) is 2.13. The lowest BCUT2D eigenvalue weighted by molar-refractivity contribution is 0.0586. The van der Waals surface area contributed by atoms with Gasteiger partial charge in [-0.1, -0.05) is 0 Å². The van der Waals surface area contributed by atoms with Gasteiger partial charge in [0.1, 0.15) is 5.82 Å². The monoisotopic (exact) mass is 269 g/mol. The molecule has 0 aromatic carbocycles. The number of nitrogens with one attached hydrogen (secondary N) is 1. The van der Waals surface area contributed by atoms with E-state index in [9.17, 15) is 4.79 Å². The van der Waals surface area contributed by atoms with Gasteiger partial charge < -0.3 is 10.1 Å². The third-order valence-corrected chi connectivity index (χ3v) is 3.00. The number of methoxy groups -OCH3 is 1. The van der Waals surface area contributed by atoms with Crippen molar-refractivity contribution in [2.24, 2.45) is 0 Å². The fraction of sp³-hybridized carbons (Fsp3) is 0.583. The number of rotatable bonds is 7. The van der Waals surface area contributed by atoms with Crippen LogP contribution in [0.4, 0.5) is 5.82 Å². The Morgan fingerprint density at radius 3 is 2.89 bits per heavy atom. The van der Waals surface area contributed by atoms with Gasteiger partial charge in [-0.3, -0.25) is 0 Å². The molecule has 1 aromatic rings. The average Bonchev–Trinajstić information content (AvgIpc) is 2.37. The highest BCUT2D eigenvalue weighted by Crippen LogP contribution is 2.08. The van der Waals surface area contributed by atoms with Crippen molar-refractivity contribution in [3.63, 3.8) is 0 Å². The fourth-order valence-electron chi connectivity index (χ4n) is 1.43. The van der Waals surface area contributed by atoms with Crippen LogP contribution in [0.5, 0.6) is 0 Å². The van der Waals surface area contributed by atoms with Crippen LogP contribution >= 0.6 is 11.8 Å². The minimum absolute atomic E-state index is 0.101. The van der Waals surface area contributed by atoms with E-state index < -0.39 is 5.97 Å². The van der Waals surface area contributed by atoms with Crippen LogP contribution in [0.15, 0.2) is 6.07 Å². The molecule has 100 valence electrons. The van der Waals surface area contributed by atoms with Crippen LogP contribution < -0.4 is 5.32 Å². The van der Waals surface area contributed by atoms with Gasteiger partial charge in [0.2, 0.25) is 5.82 Å². The van der Waals surface area contributed by atoms with Crippen molar-refractivity contribution < 1.29 is 9.53 Å². The molecule has 0 aliphatic rings. The molecule has 1 rings (SSSR count). The van der Waals surface area contributed by atoms with Gasteiger partial charge in [-0.2, -0.15) is 11.8 Å². The normalized spacial score (nSPS) is 10.2. The molecule has 0 saturated heterocycles. The molecule has 1 N–H and O–H groups in total. The Labute approximate surface area is 112 Å². The number of anilines is 1. The van der Waals surface area contributed by atoms with Crippen LogP contribution in [0.3, 0.4) is 0 Å². The van der Waals surface area contributed by atoms with Gasteiger partial charge in [0.25, 0.3) is 0 Å². The maximum Gasteiger partial charge on any atom is 0.376 e. The smallest absolute Gasteiger partial charge is 0.376 e. The Hall–Kier alpha value is -1.30. The van der Waals surface area contributed by atoms with E-state index in [1.54, 1.807) is 0 Å². The average molecular weight is 269 g/mol. The standard InChI is InChI=1S/C12H19N3O2S/c1-9-8-10(13-6-4-5-7-18-3)15-11(14-9)12(16)17-2/h8H,4-7H2,1-3H3,(H,13,14,15). The van der Waals surface area contributed by atoms with Crippen molar-refractivity contribution in [2.45, 2.75) is 19.8 Å². The van der Waals surface area contributed by atoms with Crippen LogP contribution in [0.2, 0.25) is 0 Å². The number of aryl methyl sites for hydroxylation is 1. The predicted molar refractivity (Wildman–Crippen MR) is 74.2 cm³/mol. The van der Waals surface area contributed by atoms with Crippen LogP contribution in [0.25, 0.3) is 0 Å². The summed E-state index contributed by atoms with van der Waals surface area (Å²) < 4.78 is 4.61. The summed E-state index contributed by atoms with van der Waals surface area (Å²) in [5.41, 5.74) is 0.747. The second-order valence-corrected chi connectivity index (χ2v) is 4.82. The van der Waals surface area contributed by atoms with E-state index in [0.717, 1.165) is 24.4 Å². The van der Waals surface area contributed by atoms with E-state index >= 15 is 0 Å². The molecule has 0 saturated carbocycles. The third-order valence-electron chi connectivity index (χ3n) is 2.30. The fourth-order valence-corrected chi connectivity index (χ4v) is 1.92.